The largest absolute Gasteiger partial charge is 0.305 e. The Balaban J connectivity index is 1.96. The fourth-order valence-corrected chi connectivity index (χ4v) is 2.86. The SMILES string of the molecule is CC(NCc1csc(C(C)(C)C)n1)c1ccc(C#N)cc1. The van der Waals surface area contributed by atoms with Gasteiger partial charge in [-0.05, 0) is 24.6 Å². The number of hydrogen-bond donors (Lipinski definition) is 1. The molecule has 0 fully saturated rings. The van der Waals surface area contributed by atoms with Crippen LogP contribution in [0.4, 0.5) is 0 Å². The molecule has 4 heteroatoms. The van der Waals surface area contributed by atoms with E-state index in [0.29, 0.717) is 5.56 Å². The molecular formula is C17H21N3S. The number of hydrogen-bond acceptors (Lipinski definition) is 4. The minimum absolute atomic E-state index is 0.113. The van der Waals surface area contributed by atoms with Crippen LogP contribution in [0, 0.1) is 11.3 Å². The Labute approximate surface area is 130 Å². The van der Waals surface area contributed by atoms with E-state index >= 15 is 0 Å². The first kappa shape index (κ1) is 15.7. The molecule has 21 heavy (non-hydrogen) atoms. The molecule has 0 aliphatic rings. The van der Waals surface area contributed by atoms with Gasteiger partial charge in [0.15, 0.2) is 0 Å². The Morgan fingerprint density at radius 3 is 2.48 bits per heavy atom. The van der Waals surface area contributed by atoms with E-state index in [1.807, 2.05) is 24.3 Å². The zero-order chi connectivity index (χ0) is 15.5. The lowest BCUT2D eigenvalue weighted by molar-refractivity contribution is 0.556. The molecule has 1 aromatic heterocycles. The summed E-state index contributed by atoms with van der Waals surface area (Å²) >= 11 is 1.72. The van der Waals surface area contributed by atoms with Crippen molar-refractivity contribution in [2.24, 2.45) is 0 Å². The summed E-state index contributed by atoms with van der Waals surface area (Å²) in [6.07, 6.45) is 0. The van der Waals surface area contributed by atoms with Gasteiger partial charge in [0.1, 0.15) is 0 Å². The van der Waals surface area contributed by atoms with E-state index in [-0.39, 0.29) is 11.5 Å². The molecule has 0 aliphatic carbocycles. The molecule has 1 N–H and O–H groups in total. The number of rotatable bonds is 4. The van der Waals surface area contributed by atoms with Gasteiger partial charge in [0.05, 0.1) is 22.3 Å². The van der Waals surface area contributed by atoms with E-state index in [9.17, 15) is 0 Å². The third-order valence-corrected chi connectivity index (χ3v) is 4.64. The second-order valence-electron chi connectivity index (χ2n) is 6.23. The summed E-state index contributed by atoms with van der Waals surface area (Å²) in [5.41, 5.74) is 3.08. The minimum atomic E-state index is 0.113. The maximum atomic E-state index is 8.81. The van der Waals surface area contributed by atoms with E-state index in [1.54, 1.807) is 11.3 Å². The van der Waals surface area contributed by atoms with Crippen molar-refractivity contribution in [3.63, 3.8) is 0 Å². The highest BCUT2D eigenvalue weighted by Gasteiger charge is 2.18. The van der Waals surface area contributed by atoms with Crippen LogP contribution in [0.3, 0.4) is 0 Å². The molecule has 2 rings (SSSR count). The van der Waals surface area contributed by atoms with Crippen molar-refractivity contribution in [1.29, 1.82) is 5.26 Å². The molecule has 0 saturated heterocycles. The van der Waals surface area contributed by atoms with Gasteiger partial charge in [-0.25, -0.2) is 4.98 Å². The van der Waals surface area contributed by atoms with Crippen molar-refractivity contribution >= 4 is 11.3 Å². The molecule has 3 nitrogen and oxygen atoms in total. The molecule has 2 aromatic rings. The zero-order valence-corrected chi connectivity index (χ0v) is 13.8. The molecule has 1 unspecified atom stereocenters. The average molecular weight is 299 g/mol. The Hall–Kier alpha value is -1.70. The summed E-state index contributed by atoms with van der Waals surface area (Å²) < 4.78 is 0. The van der Waals surface area contributed by atoms with Gasteiger partial charge in [0.2, 0.25) is 0 Å². The molecule has 0 aliphatic heterocycles. The average Bonchev–Trinajstić information content (AvgIpc) is 2.94. The summed E-state index contributed by atoms with van der Waals surface area (Å²) in [4.78, 5) is 4.69. The van der Waals surface area contributed by atoms with Gasteiger partial charge in [-0.3, -0.25) is 0 Å². The fourth-order valence-electron chi connectivity index (χ4n) is 1.95. The van der Waals surface area contributed by atoms with Gasteiger partial charge >= 0.3 is 0 Å². The molecule has 0 radical (unpaired) electrons. The lowest BCUT2D eigenvalue weighted by Gasteiger charge is -2.15. The predicted molar refractivity (Wildman–Crippen MR) is 87.2 cm³/mol. The molecule has 1 heterocycles. The van der Waals surface area contributed by atoms with Crippen LogP contribution < -0.4 is 5.32 Å². The van der Waals surface area contributed by atoms with Gasteiger partial charge in [-0.15, -0.1) is 11.3 Å². The first-order valence-electron chi connectivity index (χ1n) is 7.08. The van der Waals surface area contributed by atoms with Gasteiger partial charge in [-0.2, -0.15) is 5.26 Å². The van der Waals surface area contributed by atoms with Gasteiger partial charge < -0.3 is 5.32 Å². The zero-order valence-electron chi connectivity index (χ0n) is 13.0. The Morgan fingerprint density at radius 1 is 1.29 bits per heavy atom. The van der Waals surface area contributed by atoms with E-state index in [2.05, 4.69) is 49.4 Å². The number of benzene rings is 1. The highest BCUT2D eigenvalue weighted by atomic mass is 32.1. The van der Waals surface area contributed by atoms with Crippen LogP contribution in [-0.4, -0.2) is 4.98 Å². The van der Waals surface area contributed by atoms with Crippen molar-refractivity contribution in [2.75, 3.05) is 0 Å². The molecule has 110 valence electrons. The molecule has 0 bridgehead atoms. The van der Waals surface area contributed by atoms with Crippen molar-refractivity contribution in [3.05, 3.63) is 51.5 Å². The normalized spacial score (nSPS) is 12.9. The molecule has 0 amide bonds. The second kappa shape index (κ2) is 6.38. The Morgan fingerprint density at radius 2 is 1.95 bits per heavy atom. The van der Waals surface area contributed by atoms with Crippen molar-refractivity contribution in [3.8, 4) is 6.07 Å². The van der Waals surface area contributed by atoms with E-state index in [1.165, 1.54) is 10.6 Å². The van der Waals surface area contributed by atoms with E-state index in [0.717, 1.165) is 12.2 Å². The summed E-state index contributed by atoms with van der Waals surface area (Å²) in [7, 11) is 0. The molecule has 0 saturated carbocycles. The maximum Gasteiger partial charge on any atom is 0.0991 e. The topological polar surface area (TPSA) is 48.7 Å². The lowest BCUT2D eigenvalue weighted by atomic mass is 9.98. The Kier molecular flexibility index (Phi) is 4.76. The van der Waals surface area contributed by atoms with Crippen LogP contribution in [0.25, 0.3) is 0 Å². The maximum absolute atomic E-state index is 8.81. The van der Waals surface area contributed by atoms with Crippen LogP contribution in [0.5, 0.6) is 0 Å². The number of nitrogens with zero attached hydrogens (tertiary/aromatic N) is 2. The van der Waals surface area contributed by atoms with Crippen molar-refractivity contribution in [1.82, 2.24) is 10.3 Å². The molecular weight excluding hydrogens is 278 g/mol. The minimum Gasteiger partial charge on any atom is -0.305 e. The number of nitrogens with one attached hydrogen (secondary N) is 1. The Bertz CT molecular complexity index is 629. The van der Waals surface area contributed by atoms with Crippen LogP contribution in [-0.2, 0) is 12.0 Å². The van der Waals surface area contributed by atoms with E-state index in [4.69, 9.17) is 5.26 Å². The number of thiazole rings is 1. The smallest absolute Gasteiger partial charge is 0.0991 e. The third-order valence-electron chi connectivity index (χ3n) is 3.32. The van der Waals surface area contributed by atoms with E-state index < -0.39 is 0 Å². The summed E-state index contributed by atoms with van der Waals surface area (Å²) in [5.74, 6) is 0. The van der Waals surface area contributed by atoms with Crippen molar-refractivity contribution < 1.29 is 0 Å². The quantitative estimate of drug-likeness (QED) is 0.922. The number of aromatic nitrogens is 1. The summed E-state index contributed by atoms with van der Waals surface area (Å²) in [6.45, 7) is 9.43. The van der Waals surface area contributed by atoms with Gasteiger partial charge in [-0.1, -0.05) is 32.9 Å². The predicted octanol–water partition coefficient (Wildman–Crippen LogP) is 4.16. The lowest BCUT2D eigenvalue weighted by Crippen LogP contribution is -2.18. The van der Waals surface area contributed by atoms with Crippen LogP contribution in [0.15, 0.2) is 29.6 Å². The standard InChI is InChI=1S/C17H21N3S/c1-12(14-7-5-13(9-18)6-8-14)19-10-15-11-21-16(20-15)17(2,3)4/h5-8,11-12,19H,10H2,1-4H3. The molecule has 1 atom stereocenters. The first-order chi connectivity index (χ1) is 9.90. The summed E-state index contributed by atoms with van der Waals surface area (Å²) in [6, 6.07) is 10.1. The van der Waals surface area contributed by atoms with Crippen molar-refractivity contribution in [2.45, 2.75) is 45.7 Å². The first-order valence-corrected chi connectivity index (χ1v) is 7.96. The van der Waals surface area contributed by atoms with Gasteiger partial charge in [0.25, 0.3) is 0 Å². The van der Waals surface area contributed by atoms with Crippen LogP contribution in [0.1, 0.15) is 55.6 Å². The molecule has 0 spiro atoms. The fraction of sp³-hybridized carbons (Fsp3) is 0.412. The van der Waals surface area contributed by atoms with Crippen LogP contribution in [0.2, 0.25) is 0 Å². The van der Waals surface area contributed by atoms with Crippen LogP contribution >= 0.6 is 11.3 Å². The summed E-state index contributed by atoms with van der Waals surface area (Å²) in [5, 5.41) is 15.6. The second-order valence-corrected chi connectivity index (χ2v) is 7.09. The highest BCUT2D eigenvalue weighted by Crippen LogP contribution is 2.25. The van der Waals surface area contributed by atoms with Gasteiger partial charge in [0, 0.05) is 23.4 Å². The third kappa shape index (κ3) is 4.13. The molecule has 1 aromatic carbocycles. The monoisotopic (exact) mass is 299 g/mol. The number of nitriles is 1. The highest BCUT2D eigenvalue weighted by molar-refractivity contribution is 7.09.